The second-order valence-corrected chi connectivity index (χ2v) is 9.97. The van der Waals surface area contributed by atoms with Crippen LogP contribution in [0.15, 0.2) is 36.4 Å². The van der Waals surface area contributed by atoms with Gasteiger partial charge in [0.2, 0.25) is 0 Å². The molecule has 1 atom stereocenters. The van der Waals surface area contributed by atoms with E-state index in [-0.39, 0.29) is 41.3 Å². The fourth-order valence-electron chi connectivity index (χ4n) is 4.73. The van der Waals surface area contributed by atoms with Crippen LogP contribution in [0.2, 0.25) is 10.0 Å². The minimum absolute atomic E-state index is 0.0684. The van der Waals surface area contributed by atoms with E-state index in [1.54, 1.807) is 0 Å². The van der Waals surface area contributed by atoms with E-state index >= 15 is 0 Å². The number of nitrogens with zero attached hydrogens (tertiary/aromatic N) is 2. The van der Waals surface area contributed by atoms with E-state index in [1.807, 2.05) is 0 Å². The van der Waals surface area contributed by atoms with Gasteiger partial charge in [-0.25, -0.2) is 8.78 Å². The molecule has 0 aromatic heterocycles. The predicted molar refractivity (Wildman–Crippen MR) is 132 cm³/mol. The molecule has 2 aromatic rings. The van der Waals surface area contributed by atoms with Crippen LogP contribution in [0.4, 0.5) is 8.78 Å². The number of carbonyl (C=O) groups excluding carboxylic acids is 3. The van der Waals surface area contributed by atoms with Gasteiger partial charge in [-0.15, -0.1) is 0 Å². The van der Waals surface area contributed by atoms with Crippen molar-refractivity contribution in [1.82, 2.24) is 15.1 Å². The molecule has 0 spiro atoms. The third-order valence-corrected chi connectivity index (χ3v) is 7.08. The molecule has 1 unspecified atom stereocenters. The average Bonchev–Trinajstić information content (AvgIpc) is 2.83. The highest BCUT2D eigenvalue weighted by Gasteiger charge is 2.42. The first-order chi connectivity index (χ1) is 17.1. The van der Waals surface area contributed by atoms with E-state index in [0.29, 0.717) is 30.4 Å². The van der Waals surface area contributed by atoms with Crippen molar-refractivity contribution in [2.45, 2.75) is 50.4 Å². The van der Waals surface area contributed by atoms with Gasteiger partial charge < -0.3 is 20.9 Å². The predicted octanol–water partition coefficient (Wildman–Crippen LogP) is 3.97. The first-order valence-electron chi connectivity index (χ1n) is 11.7. The molecule has 1 saturated carbocycles. The standard InChI is InChI=1S/C25H26Cl2F2N4O3/c26-15-2-7-20(21(27)12-15)25(36)33-9-1-8-32(24(35)14-10-16(28)13-17(29)11-14)23(33)22(34)31-19-5-3-18(30)4-6-19/h2,7,10-13,18-19,23H,1,3-6,8-9,30H2,(H,31,34). The lowest BCUT2D eigenvalue weighted by molar-refractivity contribution is -0.133. The molecule has 7 nitrogen and oxygen atoms in total. The molecule has 2 aromatic carbocycles. The van der Waals surface area contributed by atoms with Crippen molar-refractivity contribution in [3.8, 4) is 0 Å². The van der Waals surface area contributed by atoms with Crippen LogP contribution >= 0.6 is 23.2 Å². The fourth-order valence-corrected chi connectivity index (χ4v) is 5.22. The zero-order valence-corrected chi connectivity index (χ0v) is 20.9. The fraction of sp³-hybridized carbons (Fsp3) is 0.400. The topological polar surface area (TPSA) is 95.7 Å². The van der Waals surface area contributed by atoms with Gasteiger partial charge in [-0.1, -0.05) is 23.2 Å². The normalized spacial score (nSPS) is 22.3. The molecule has 2 fully saturated rings. The summed E-state index contributed by atoms with van der Waals surface area (Å²) in [6, 6.07) is 6.73. The molecule has 1 heterocycles. The van der Waals surface area contributed by atoms with Gasteiger partial charge in [0.15, 0.2) is 6.17 Å². The van der Waals surface area contributed by atoms with E-state index in [2.05, 4.69) is 5.32 Å². The summed E-state index contributed by atoms with van der Waals surface area (Å²) >= 11 is 12.2. The highest BCUT2D eigenvalue weighted by atomic mass is 35.5. The molecule has 2 aliphatic rings. The number of nitrogens with two attached hydrogens (primary N) is 1. The molecule has 3 amide bonds. The Hall–Kier alpha value is -2.75. The van der Waals surface area contributed by atoms with Crippen molar-refractivity contribution >= 4 is 40.9 Å². The molecule has 192 valence electrons. The summed E-state index contributed by atoms with van der Waals surface area (Å²) in [5, 5.41) is 3.38. The summed E-state index contributed by atoms with van der Waals surface area (Å²) in [7, 11) is 0. The molecule has 36 heavy (non-hydrogen) atoms. The van der Waals surface area contributed by atoms with Gasteiger partial charge in [-0.2, -0.15) is 0 Å². The molecular formula is C25H26Cl2F2N4O3. The van der Waals surface area contributed by atoms with Gasteiger partial charge in [-0.3, -0.25) is 14.4 Å². The first kappa shape index (κ1) is 26.3. The van der Waals surface area contributed by atoms with Crippen LogP contribution in [0.5, 0.6) is 0 Å². The largest absolute Gasteiger partial charge is 0.350 e. The van der Waals surface area contributed by atoms with Crippen LogP contribution in [0.25, 0.3) is 0 Å². The highest BCUT2D eigenvalue weighted by Crippen LogP contribution is 2.27. The summed E-state index contributed by atoms with van der Waals surface area (Å²) < 4.78 is 27.7. The summed E-state index contributed by atoms with van der Waals surface area (Å²) in [5.74, 6) is -3.73. The Balaban J connectivity index is 1.67. The van der Waals surface area contributed by atoms with Crippen molar-refractivity contribution in [3.63, 3.8) is 0 Å². The van der Waals surface area contributed by atoms with Crippen molar-refractivity contribution in [3.05, 3.63) is 69.2 Å². The van der Waals surface area contributed by atoms with Gasteiger partial charge in [-0.05, 0) is 62.4 Å². The monoisotopic (exact) mass is 538 g/mol. The Labute approximate surface area is 217 Å². The minimum Gasteiger partial charge on any atom is -0.350 e. The van der Waals surface area contributed by atoms with Crippen molar-refractivity contribution in [1.29, 1.82) is 0 Å². The Kier molecular flexibility index (Phi) is 8.12. The van der Waals surface area contributed by atoms with Crippen molar-refractivity contribution in [2.75, 3.05) is 13.1 Å². The lowest BCUT2D eigenvalue weighted by Gasteiger charge is -2.43. The highest BCUT2D eigenvalue weighted by molar-refractivity contribution is 6.36. The van der Waals surface area contributed by atoms with Gasteiger partial charge in [0.05, 0.1) is 10.6 Å². The Bertz CT molecular complexity index is 1150. The number of hydrogen-bond acceptors (Lipinski definition) is 4. The number of carbonyl (C=O) groups is 3. The van der Waals surface area contributed by atoms with Crippen LogP contribution < -0.4 is 11.1 Å². The van der Waals surface area contributed by atoms with E-state index in [9.17, 15) is 23.2 Å². The van der Waals surface area contributed by atoms with Crippen LogP contribution in [-0.2, 0) is 4.79 Å². The van der Waals surface area contributed by atoms with Crippen molar-refractivity contribution in [2.24, 2.45) is 5.73 Å². The van der Waals surface area contributed by atoms with E-state index in [1.165, 1.54) is 28.0 Å². The second-order valence-electron chi connectivity index (χ2n) is 9.13. The first-order valence-corrected chi connectivity index (χ1v) is 12.5. The van der Waals surface area contributed by atoms with Crippen LogP contribution in [0.3, 0.4) is 0 Å². The third-order valence-electron chi connectivity index (χ3n) is 6.53. The number of benzene rings is 2. The van der Waals surface area contributed by atoms with E-state index in [4.69, 9.17) is 28.9 Å². The maximum Gasteiger partial charge on any atom is 0.264 e. The smallest absolute Gasteiger partial charge is 0.264 e. The molecule has 3 N–H and O–H groups in total. The Morgan fingerprint density at radius 2 is 1.50 bits per heavy atom. The average molecular weight is 539 g/mol. The molecule has 1 aliphatic heterocycles. The Morgan fingerprint density at radius 3 is 2.11 bits per heavy atom. The SMILES string of the molecule is NC1CCC(NC(=O)C2N(C(=O)c3cc(F)cc(F)c3)CCCN2C(=O)c2ccc(Cl)cc2Cl)CC1. The molecule has 4 rings (SSSR count). The lowest BCUT2D eigenvalue weighted by atomic mass is 9.91. The van der Waals surface area contributed by atoms with E-state index < -0.39 is 35.5 Å². The quantitative estimate of drug-likeness (QED) is 0.615. The van der Waals surface area contributed by atoms with Gasteiger partial charge in [0.25, 0.3) is 17.7 Å². The maximum atomic E-state index is 13.9. The summed E-state index contributed by atoms with van der Waals surface area (Å²) in [4.78, 5) is 42.9. The number of amides is 3. The zero-order valence-electron chi connectivity index (χ0n) is 19.4. The van der Waals surface area contributed by atoms with Crippen molar-refractivity contribution < 1.29 is 23.2 Å². The Morgan fingerprint density at radius 1 is 0.889 bits per heavy atom. The minimum atomic E-state index is -1.34. The van der Waals surface area contributed by atoms with Gasteiger partial charge in [0.1, 0.15) is 11.6 Å². The third kappa shape index (κ3) is 5.79. The van der Waals surface area contributed by atoms with E-state index in [0.717, 1.165) is 25.0 Å². The lowest BCUT2D eigenvalue weighted by Crippen LogP contribution is -2.64. The van der Waals surface area contributed by atoms with Crippen LogP contribution in [0.1, 0.15) is 52.8 Å². The summed E-state index contributed by atoms with van der Waals surface area (Å²) in [5.41, 5.74) is 5.83. The summed E-state index contributed by atoms with van der Waals surface area (Å²) in [6.45, 7) is 0.287. The van der Waals surface area contributed by atoms with Gasteiger partial charge in [0, 0.05) is 41.8 Å². The summed E-state index contributed by atoms with van der Waals surface area (Å²) in [6.07, 6.45) is 1.82. The molecule has 0 bridgehead atoms. The van der Waals surface area contributed by atoms with Crippen LogP contribution in [0, 0.1) is 11.6 Å². The molecular weight excluding hydrogens is 513 g/mol. The molecule has 0 radical (unpaired) electrons. The number of rotatable bonds is 4. The number of hydrogen-bond donors (Lipinski definition) is 2. The maximum absolute atomic E-state index is 13.9. The zero-order chi connectivity index (χ0) is 26.0. The number of nitrogens with one attached hydrogen (secondary N) is 1. The molecule has 1 aliphatic carbocycles. The molecule has 11 heteroatoms. The van der Waals surface area contributed by atoms with Crippen LogP contribution in [-0.4, -0.2) is 58.9 Å². The molecule has 1 saturated heterocycles. The van der Waals surface area contributed by atoms with Gasteiger partial charge >= 0.3 is 0 Å². The number of halogens is 4. The second kappa shape index (κ2) is 11.1.